The Labute approximate surface area is 232 Å². The topological polar surface area (TPSA) is 35.5 Å². The van der Waals surface area contributed by atoms with Gasteiger partial charge >= 0.3 is 0 Å². The molecule has 0 aliphatic heterocycles. The highest BCUT2D eigenvalue weighted by molar-refractivity contribution is 6.74. The quantitative estimate of drug-likeness (QED) is 0.0598. The molecular weight excluding hydrogens is 489 g/mol. The van der Waals surface area contributed by atoms with Crippen LogP contribution in [0.25, 0.3) is 0 Å². The number of hydrogen-bond acceptors (Lipinski definition) is 3. The molecule has 212 valence electrons. The molecule has 0 bridgehead atoms. The minimum absolute atomic E-state index is 0.0683. The van der Waals surface area contributed by atoms with E-state index in [4.69, 9.17) is 8.85 Å². The van der Waals surface area contributed by atoms with Gasteiger partial charge in [0, 0.05) is 6.42 Å². The van der Waals surface area contributed by atoms with Gasteiger partial charge in [0.15, 0.2) is 16.6 Å². The van der Waals surface area contributed by atoms with Crippen molar-refractivity contribution in [3.63, 3.8) is 0 Å². The third kappa shape index (κ3) is 15.7. The van der Waals surface area contributed by atoms with E-state index in [-0.39, 0.29) is 22.3 Å². The number of hydrogen-bond donors (Lipinski definition) is 0. The van der Waals surface area contributed by atoms with Crippen LogP contribution >= 0.6 is 0 Å². The molecule has 0 spiro atoms. The Morgan fingerprint density at radius 2 is 1.11 bits per heavy atom. The maximum Gasteiger partial charge on any atom is 0.192 e. The van der Waals surface area contributed by atoms with Crippen molar-refractivity contribution in [1.82, 2.24) is 0 Å². The van der Waals surface area contributed by atoms with Crippen LogP contribution in [0.15, 0.2) is 60.8 Å². The molecule has 5 heteroatoms. The average Bonchev–Trinajstić information content (AvgIpc) is 2.77. The lowest BCUT2D eigenvalue weighted by atomic mass is 10.1. The van der Waals surface area contributed by atoms with Gasteiger partial charge in [-0.3, -0.25) is 0 Å². The van der Waals surface area contributed by atoms with Gasteiger partial charge in [0.25, 0.3) is 0 Å². The Balaban J connectivity index is 4.61. The van der Waals surface area contributed by atoms with Gasteiger partial charge in [-0.1, -0.05) is 109 Å². The van der Waals surface area contributed by atoms with Gasteiger partial charge in [0.2, 0.25) is 0 Å². The molecule has 0 rings (SSSR count). The summed E-state index contributed by atoms with van der Waals surface area (Å²) in [5, 5.41) is 0.404. The van der Waals surface area contributed by atoms with Crippen molar-refractivity contribution in [2.24, 2.45) is 0 Å². The Hall–Kier alpha value is -1.28. The molecule has 0 fully saturated rings. The molecule has 0 heterocycles. The van der Waals surface area contributed by atoms with E-state index in [0.29, 0.717) is 6.42 Å². The molecule has 0 saturated carbocycles. The van der Waals surface area contributed by atoms with E-state index >= 15 is 0 Å². The molecule has 0 unspecified atom stereocenters. The summed E-state index contributed by atoms with van der Waals surface area (Å²) in [5.74, 6) is 0. The van der Waals surface area contributed by atoms with Gasteiger partial charge in [0.1, 0.15) is 6.29 Å². The highest BCUT2D eigenvalue weighted by Gasteiger charge is 2.39. The number of allylic oxidation sites excluding steroid dienone is 8. The molecule has 0 aromatic carbocycles. The summed E-state index contributed by atoms with van der Waals surface area (Å²) in [6, 6.07) is 0. The summed E-state index contributed by atoms with van der Waals surface area (Å²) in [6.07, 6.45) is 27.9. The fourth-order valence-corrected chi connectivity index (χ4v) is 5.67. The van der Waals surface area contributed by atoms with Crippen LogP contribution in [-0.4, -0.2) is 35.1 Å². The van der Waals surface area contributed by atoms with Crippen LogP contribution < -0.4 is 0 Å². The van der Waals surface area contributed by atoms with Gasteiger partial charge in [-0.15, -0.1) is 0 Å². The molecule has 0 saturated heterocycles. The first-order valence-electron chi connectivity index (χ1n) is 14.2. The van der Waals surface area contributed by atoms with Crippen LogP contribution in [0, 0.1) is 0 Å². The second kappa shape index (κ2) is 17.3. The summed E-state index contributed by atoms with van der Waals surface area (Å²) in [7, 11) is -3.58. The first-order chi connectivity index (χ1) is 17.1. The molecule has 3 nitrogen and oxygen atoms in total. The minimum atomic E-state index is -1.85. The first kappa shape index (κ1) is 35.7. The van der Waals surface area contributed by atoms with E-state index in [2.05, 4.69) is 135 Å². The predicted molar refractivity (Wildman–Crippen MR) is 169 cm³/mol. The van der Waals surface area contributed by atoms with Crippen molar-refractivity contribution < 1.29 is 13.6 Å². The van der Waals surface area contributed by atoms with Gasteiger partial charge in [-0.05, 0) is 68.4 Å². The summed E-state index contributed by atoms with van der Waals surface area (Å²) < 4.78 is 13.1. The average molecular weight is 547 g/mol. The maximum atomic E-state index is 10.7. The van der Waals surface area contributed by atoms with Crippen molar-refractivity contribution in [3.05, 3.63) is 60.8 Å². The molecule has 37 heavy (non-hydrogen) atoms. The highest BCUT2D eigenvalue weighted by atomic mass is 28.4. The molecule has 0 aliphatic carbocycles. The highest BCUT2D eigenvalue weighted by Crippen LogP contribution is 2.38. The standard InChI is InChI=1S/C32H58O3Si2/c1-12-29(34-36(8,9)31(2,3)4)25-21-19-17-15-13-14-16-18-20-22-26-30(27-23-24-28-33)35-37(10,11)32(5,6)7/h13-14,17-22,25-26,28-30H,12,15-16,23-24,27H2,1-11H3/b14-13-,19-17-,20-18-,25-21+,26-22+/t29-,30-/m1/s1. The van der Waals surface area contributed by atoms with Crippen molar-refractivity contribution >= 4 is 22.9 Å². The van der Waals surface area contributed by atoms with Crippen LogP contribution in [0.1, 0.15) is 87.0 Å². The lowest BCUT2D eigenvalue weighted by Crippen LogP contribution is -2.43. The zero-order valence-corrected chi connectivity index (χ0v) is 28.0. The first-order valence-corrected chi connectivity index (χ1v) is 20.0. The van der Waals surface area contributed by atoms with Crippen LogP contribution in [0.4, 0.5) is 0 Å². The smallest absolute Gasteiger partial charge is 0.192 e. The lowest BCUT2D eigenvalue weighted by molar-refractivity contribution is -0.108. The second-order valence-electron chi connectivity index (χ2n) is 12.9. The zero-order chi connectivity index (χ0) is 28.6. The number of aldehydes is 1. The Morgan fingerprint density at radius 1 is 0.676 bits per heavy atom. The Bertz CT molecular complexity index is 775. The lowest BCUT2D eigenvalue weighted by Gasteiger charge is -2.38. The van der Waals surface area contributed by atoms with Gasteiger partial charge < -0.3 is 13.6 Å². The van der Waals surface area contributed by atoms with E-state index in [9.17, 15) is 4.79 Å². The second-order valence-corrected chi connectivity index (χ2v) is 22.4. The Morgan fingerprint density at radius 3 is 1.51 bits per heavy atom. The van der Waals surface area contributed by atoms with Gasteiger partial charge in [0.05, 0.1) is 12.2 Å². The summed E-state index contributed by atoms with van der Waals surface area (Å²) in [4.78, 5) is 10.7. The molecule has 2 atom stereocenters. The molecule has 0 N–H and O–H groups in total. The fourth-order valence-electron chi connectivity index (χ4n) is 3.01. The predicted octanol–water partition coefficient (Wildman–Crippen LogP) is 10.1. The van der Waals surface area contributed by atoms with Crippen molar-refractivity contribution in [2.45, 2.75) is 135 Å². The molecular formula is C32H58O3Si2. The van der Waals surface area contributed by atoms with Gasteiger partial charge in [-0.25, -0.2) is 0 Å². The van der Waals surface area contributed by atoms with Crippen LogP contribution in [-0.2, 0) is 13.6 Å². The van der Waals surface area contributed by atoms with E-state index in [0.717, 1.165) is 38.4 Å². The van der Waals surface area contributed by atoms with Crippen molar-refractivity contribution in [1.29, 1.82) is 0 Å². The third-order valence-electron chi connectivity index (χ3n) is 7.57. The Kier molecular flexibility index (Phi) is 16.7. The largest absolute Gasteiger partial charge is 0.411 e. The minimum Gasteiger partial charge on any atom is -0.411 e. The van der Waals surface area contributed by atoms with E-state index in [1.54, 1.807) is 0 Å². The van der Waals surface area contributed by atoms with E-state index in [1.807, 2.05) is 0 Å². The summed E-state index contributed by atoms with van der Waals surface area (Å²) in [5.41, 5.74) is 0. The number of rotatable bonds is 17. The zero-order valence-electron chi connectivity index (χ0n) is 26.0. The number of carbonyl (C=O) groups excluding carboxylic acids is 1. The van der Waals surface area contributed by atoms with Crippen LogP contribution in [0.5, 0.6) is 0 Å². The van der Waals surface area contributed by atoms with E-state index < -0.39 is 16.6 Å². The fraction of sp³-hybridized carbons (Fsp3) is 0.656. The van der Waals surface area contributed by atoms with Gasteiger partial charge in [-0.2, -0.15) is 0 Å². The number of unbranched alkanes of at least 4 members (excludes halogenated alkanes) is 1. The molecule has 0 aliphatic rings. The normalized spacial score (nSPS) is 16.2. The van der Waals surface area contributed by atoms with Crippen LogP contribution in [0.3, 0.4) is 0 Å². The molecule has 0 aromatic rings. The summed E-state index contributed by atoms with van der Waals surface area (Å²) >= 11 is 0. The number of carbonyl (C=O) groups is 1. The molecule has 0 radical (unpaired) electrons. The monoisotopic (exact) mass is 546 g/mol. The maximum absolute atomic E-state index is 10.7. The SMILES string of the molecule is CC[C@H](/C=C/C=C\C/C=C\C/C=C\C=C\[C@H](CCCC=O)O[Si](C)(C)C(C)(C)C)O[Si](C)(C)C(C)(C)C. The molecule has 0 aromatic heterocycles. The molecule has 0 amide bonds. The van der Waals surface area contributed by atoms with Crippen molar-refractivity contribution in [3.8, 4) is 0 Å². The van der Waals surface area contributed by atoms with Crippen LogP contribution in [0.2, 0.25) is 36.3 Å². The van der Waals surface area contributed by atoms with Crippen molar-refractivity contribution in [2.75, 3.05) is 0 Å². The van der Waals surface area contributed by atoms with E-state index in [1.165, 1.54) is 0 Å². The third-order valence-corrected chi connectivity index (χ3v) is 16.6. The summed E-state index contributed by atoms with van der Waals surface area (Å²) in [6.45, 7) is 25.0.